The van der Waals surface area contributed by atoms with E-state index in [-0.39, 0.29) is 0 Å². The van der Waals surface area contributed by atoms with E-state index in [4.69, 9.17) is 5.11 Å². The number of fused-ring (bicyclic) bond motifs is 1. The summed E-state index contributed by atoms with van der Waals surface area (Å²) in [6.07, 6.45) is 8.25. The lowest BCUT2D eigenvalue weighted by Crippen LogP contribution is -2.42. The summed E-state index contributed by atoms with van der Waals surface area (Å²) >= 11 is 0. The zero-order chi connectivity index (χ0) is 12.3. The first-order valence-corrected chi connectivity index (χ1v) is 6.77. The number of carboxylic acid groups (broad SMARTS) is 1. The average Bonchev–Trinajstić information content (AvgIpc) is 2.27. The van der Waals surface area contributed by atoms with Crippen LogP contribution in [0.15, 0.2) is 11.6 Å². The highest BCUT2D eigenvalue weighted by atomic mass is 16.4. The Balaban J connectivity index is 1.85. The number of nitrogens with zero attached hydrogens (tertiary/aromatic N) is 1. The molecule has 1 saturated heterocycles. The van der Waals surface area contributed by atoms with Crippen molar-refractivity contribution in [2.45, 2.75) is 39.0 Å². The predicted molar refractivity (Wildman–Crippen MR) is 67.9 cm³/mol. The van der Waals surface area contributed by atoms with Gasteiger partial charge < -0.3 is 5.11 Å². The summed E-state index contributed by atoms with van der Waals surface area (Å²) in [4.78, 5) is 13.0. The second kappa shape index (κ2) is 5.67. The molecule has 2 atom stereocenters. The van der Waals surface area contributed by atoms with Crippen LogP contribution in [0.25, 0.3) is 0 Å². The average molecular weight is 237 g/mol. The van der Waals surface area contributed by atoms with Gasteiger partial charge in [-0.25, -0.2) is 4.79 Å². The first-order chi connectivity index (χ1) is 8.15. The van der Waals surface area contributed by atoms with E-state index in [0.29, 0.717) is 0 Å². The molecule has 0 spiro atoms. The molecule has 17 heavy (non-hydrogen) atoms. The van der Waals surface area contributed by atoms with Crippen LogP contribution in [0.2, 0.25) is 0 Å². The van der Waals surface area contributed by atoms with E-state index in [9.17, 15) is 4.79 Å². The summed E-state index contributed by atoms with van der Waals surface area (Å²) in [5, 5.41) is 8.71. The number of aliphatic carboxylic acids is 1. The lowest BCUT2D eigenvalue weighted by molar-refractivity contribution is -0.131. The summed E-state index contributed by atoms with van der Waals surface area (Å²) in [6, 6.07) is 0. The molecule has 0 aromatic rings. The van der Waals surface area contributed by atoms with Crippen molar-refractivity contribution in [3.05, 3.63) is 11.6 Å². The van der Waals surface area contributed by atoms with Crippen LogP contribution in [0.5, 0.6) is 0 Å². The highest BCUT2D eigenvalue weighted by Crippen LogP contribution is 2.36. The van der Waals surface area contributed by atoms with Crippen LogP contribution in [0.4, 0.5) is 0 Å². The number of carboxylic acids is 1. The number of hydrogen-bond acceptors (Lipinski definition) is 2. The number of carbonyl (C=O) groups is 1. The van der Waals surface area contributed by atoms with Crippen molar-refractivity contribution in [3.8, 4) is 0 Å². The number of likely N-dealkylation sites (tertiary alicyclic amines) is 1. The molecule has 1 heterocycles. The van der Waals surface area contributed by atoms with Gasteiger partial charge in [-0.1, -0.05) is 24.8 Å². The van der Waals surface area contributed by atoms with E-state index in [1.165, 1.54) is 44.7 Å². The zero-order valence-corrected chi connectivity index (χ0v) is 10.7. The maximum atomic E-state index is 10.6. The lowest BCUT2D eigenvalue weighted by Gasteiger charge is -2.41. The van der Waals surface area contributed by atoms with Crippen molar-refractivity contribution >= 4 is 5.97 Å². The van der Waals surface area contributed by atoms with E-state index < -0.39 is 5.97 Å². The Morgan fingerprint density at radius 1 is 1.29 bits per heavy atom. The monoisotopic (exact) mass is 237 g/mol. The van der Waals surface area contributed by atoms with Crippen molar-refractivity contribution in [2.24, 2.45) is 11.8 Å². The molecule has 96 valence electrons. The van der Waals surface area contributed by atoms with Gasteiger partial charge in [0.15, 0.2) is 0 Å². The Kier molecular flexibility index (Phi) is 4.21. The third-order valence-electron chi connectivity index (χ3n) is 4.22. The molecule has 2 unspecified atom stereocenters. The molecule has 0 aromatic carbocycles. The maximum Gasteiger partial charge on any atom is 0.328 e. The van der Waals surface area contributed by atoms with Crippen molar-refractivity contribution < 1.29 is 9.90 Å². The van der Waals surface area contributed by atoms with Crippen LogP contribution in [0.3, 0.4) is 0 Å². The van der Waals surface area contributed by atoms with Gasteiger partial charge in [0.2, 0.25) is 0 Å². The van der Waals surface area contributed by atoms with E-state index in [1.54, 1.807) is 0 Å². The fourth-order valence-corrected chi connectivity index (χ4v) is 3.43. The summed E-state index contributed by atoms with van der Waals surface area (Å²) in [5.41, 5.74) is 0.965. The summed E-state index contributed by atoms with van der Waals surface area (Å²) < 4.78 is 0. The topological polar surface area (TPSA) is 40.5 Å². The van der Waals surface area contributed by atoms with Gasteiger partial charge in [0.25, 0.3) is 0 Å². The molecule has 1 aliphatic heterocycles. The molecule has 0 bridgehead atoms. The standard InChI is InChI=1S/C14H23NO2/c1-11(8-14(16)17)9-15-7-6-12-4-2-3-5-13(12)10-15/h8,12-13H,2-7,9-10H2,1H3,(H,16,17). The molecular weight excluding hydrogens is 214 g/mol. The summed E-state index contributed by atoms with van der Waals surface area (Å²) in [6.45, 7) is 5.07. The van der Waals surface area contributed by atoms with E-state index in [0.717, 1.165) is 30.5 Å². The number of piperidine rings is 1. The molecule has 2 rings (SSSR count). The van der Waals surface area contributed by atoms with Gasteiger partial charge in [-0.15, -0.1) is 0 Å². The first-order valence-electron chi connectivity index (χ1n) is 6.77. The van der Waals surface area contributed by atoms with Gasteiger partial charge >= 0.3 is 5.97 Å². The Morgan fingerprint density at radius 2 is 2.00 bits per heavy atom. The smallest absolute Gasteiger partial charge is 0.328 e. The normalized spacial score (nSPS) is 31.0. The van der Waals surface area contributed by atoms with Gasteiger partial charge in [0, 0.05) is 19.2 Å². The van der Waals surface area contributed by atoms with E-state index in [2.05, 4.69) is 4.90 Å². The van der Waals surface area contributed by atoms with Crippen LogP contribution >= 0.6 is 0 Å². The molecule has 1 N–H and O–H groups in total. The second-order valence-corrected chi connectivity index (χ2v) is 5.66. The summed E-state index contributed by atoms with van der Waals surface area (Å²) in [7, 11) is 0. The van der Waals surface area contributed by atoms with Gasteiger partial charge in [-0.3, -0.25) is 4.90 Å². The quantitative estimate of drug-likeness (QED) is 0.767. The molecule has 0 amide bonds. The molecule has 1 aliphatic carbocycles. The Labute approximate surface area is 103 Å². The molecule has 2 aliphatic rings. The minimum atomic E-state index is -0.824. The minimum absolute atomic E-state index is 0.824. The third kappa shape index (κ3) is 3.56. The Hall–Kier alpha value is -0.830. The minimum Gasteiger partial charge on any atom is -0.478 e. The van der Waals surface area contributed by atoms with Crippen LogP contribution in [0, 0.1) is 11.8 Å². The SMILES string of the molecule is CC(=CC(=O)O)CN1CCC2CCCCC2C1. The van der Waals surface area contributed by atoms with Crippen molar-refractivity contribution in [2.75, 3.05) is 19.6 Å². The van der Waals surface area contributed by atoms with Crippen molar-refractivity contribution in [1.82, 2.24) is 4.90 Å². The highest BCUT2D eigenvalue weighted by molar-refractivity contribution is 5.80. The van der Waals surface area contributed by atoms with Crippen LogP contribution < -0.4 is 0 Å². The van der Waals surface area contributed by atoms with Crippen LogP contribution in [0.1, 0.15) is 39.0 Å². The first kappa shape index (κ1) is 12.6. The molecule has 2 fully saturated rings. The molecule has 0 radical (unpaired) electrons. The molecule has 0 aromatic heterocycles. The van der Waals surface area contributed by atoms with Crippen molar-refractivity contribution in [3.63, 3.8) is 0 Å². The van der Waals surface area contributed by atoms with Crippen LogP contribution in [-0.4, -0.2) is 35.6 Å². The zero-order valence-electron chi connectivity index (χ0n) is 10.7. The van der Waals surface area contributed by atoms with E-state index in [1.807, 2.05) is 6.92 Å². The van der Waals surface area contributed by atoms with Gasteiger partial charge in [0.1, 0.15) is 0 Å². The molecule has 3 nitrogen and oxygen atoms in total. The Morgan fingerprint density at radius 3 is 2.71 bits per heavy atom. The highest BCUT2D eigenvalue weighted by Gasteiger charge is 2.30. The third-order valence-corrected chi connectivity index (χ3v) is 4.22. The van der Waals surface area contributed by atoms with Gasteiger partial charge in [-0.2, -0.15) is 0 Å². The number of rotatable bonds is 3. The van der Waals surface area contributed by atoms with Crippen LogP contribution in [-0.2, 0) is 4.79 Å². The van der Waals surface area contributed by atoms with Crippen molar-refractivity contribution in [1.29, 1.82) is 0 Å². The maximum absolute atomic E-state index is 10.6. The molecular formula is C14H23NO2. The van der Waals surface area contributed by atoms with Gasteiger partial charge in [-0.05, 0) is 38.1 Å². The Bertz CT molecular complexity index is 311. The fraction of sp³-hybridized carbons (Fsp3) is 0.786. The second-order valence-electron chi connectivity index (χ2n) is 5.66. The molecule has 1 saturated carbocycles. The predicted octanol–water partition coefficient (Wildman–Crippen LogP) is 2.53. The fourth-order valence-electron chi connectivity index (χ4n) is 3.43. The number of hydrogen-bond donors (Lipinski definition) is 1. The largest absolute Gasteiger partial charge is 0.478 e. The van der Waals surface area contributed by atoms with Gasteiger partial charge in [0.05, 0.1) is 0 Å². The lowest BCUT2D eigenvalue weighted by atomic mass is 9.75. The summed E-state index contributed by atoms with van der Waals surface area (Å²) in [5.74, 6) is 0.994. The van der Waals surface area contributed by atoms with E-state index >= 15 is 0 Å². The molecule has 3 heteroatoms.